The van der Waals surface area contributed by atoms with Gasteiger partial charge < -0.3 is 20.1 Å². The van der Waals surface area contributed by atoms with Crippen LogP contribution in [-0.2, 0) is 4.79 Å². The summed E-state index contributed by atoms with van der Waals surface area (Å²) in [6.45, 7) is 4.59. The van der Waals surface area contributed by atoms with Gasteiger partial charge in [0.25, 0.3) is 0 Å². The Kier molecular flexibility index (Phi) is 4.67. The molecule has 6 heteroatoms. The molecule has 1 aromatic rings. The Morgan fingerprint density at radius 3 is 2.76 bits per heavy atom. The van der Waals surface area contributed by atoms with E-state index in [9.17, 15) is 9.59 Å². The predicted octanol–water partition coefficient (Wildman–Crippen LogP) is 2.41. The van der Waals surface area contributed by atoms with Crippen molar-refractivity contribution in [2.45, 2.75) is 26.3 Å². The highest BCUT2D eigenvalue weighted by Crippen LogP contribution is 2.28. The second-order valence-corrected chi connectivity index (χ2v) is 5.03. The first kappa shape index (κ1) is 15.2. The maximum atomic E-state index is 12.3. The molecule has 0 aromatic heterocycles. The number of carboxylic acid groups (broad SMARTS) is 1. The van der Waals surface area contributed by atoms with Crippen molar-refractivity contribution in [2.24, 2.45) is 5.92 Å². The van der Waals surface area contributed by atoms with Crippen LogP contribution in [0.25, 0.3) is 0 Å². The number of rotatable bonds is 4. The van der Waals surface area contributed by atoms with Gasteiger partial charge in [-0.3, -0.25) is 4.79 Å². The van der Waals surface area contributed by atoms with Crippen molar-refractivity contribution in [1.82, 2.24) is 4.90 Å². The molecule has 1 aliphatic rings. The Labute approximate surface area is 123 Å². The molecule has 0 aliphatic carbocycles. The van der Waals surface area contributed by atoms with Crippen LogP contribution in [0.1, 0.15) is 20.3 Å². The number of anilines is 1. The summed E-state index contributed by atoms with van der Waals surface area (Å²) < 4.78 is 5.46. The van der Waals surface area contributed by atoms with Crippen LogP contribution >= 0.6 is 0 Å². The van der Waals surface area contributed by atoms with E-state index in [4.69, 9.17) is 9.84 Å². The monoisotopic (exact) mass is 292 g/mol. The first-order valence-electron chi connectivity index (χ1n) is 7.06. The smallest absolute Gasteiger partial charge is 0.322 e. The number of aliphatic carboxylic acids is 1. The van der Waals surface area contributed by atoms with E-state index < -0.39 is 11.9 Å². The molecule has 1 fully saturated rings. The van der Waals surface area contributed by atoms with Gasteiger partial charge in [-0.05, 0) is 32.4 Å². The number of ether oxygens (including phenoxy) is 1. The molecule has 114 valence electrons. The predicted molar refractivity (Wildman–Crippen MR) is 78.5 cm³/mol. The van der Waals surface area contributed by atoms with E-state index in [0.29, 0.717) is 31.0 Å². The average Bonchev–Trinajstić information content (AvgIpc) is 2.83. The molecule has 0 bridgehead atoms. The SMILES string of the molecule is CCOc1ccccc1NC(=O)N1CCC(C(=O)O)C1C. The van der Waals surface area contributed by atoms with E-state index in [2.05, 4.69) is 5.32 Å². The molecular formula is C15H20N2O4. The highest BCUT2D eigenvalue weighted by Gasteiger charge is 2.38. The van der Waals surface area contributed by atoms with E-state index in [0.717, 1.165) is 0 Å². The number of amides is 2. The minimum Gasteiger partial charge on any atom is -0.492 e. The summed E-state index contributed by atoms with van der Waals surface area (Å²) in [6, 6.07) is 6.58. The van der Waals surface area contributed by atoms with Crippen molar-refractivity contribution in [3.8, 4) is 5.75 Å². The summed E-state index contributed by atoms with van der Waals surface area (Å²) in [5, 5.41) is 11.9. The Morgan fingerprint density at radius 1 is 1.43 bits per heavy atom. The molecule has 2 rings (SSSR count). The van der Waals surface area contributed by atoms with E-state index in [1.165, 1.54) is 0 Å². The van der Waals surface area contributed by atoms with Crippen molar-refractivity contribution < 1.29 is 19.4 Å². The molecule has 1 saturated heterocycles. The number of carbonyl (C=O) groups excluding carboxylic acids is 1. The lowest BCUT2D eigenvalue weighted by molar-refractivity contribution is -0.142. The molecule has 2 N–H and O–H groups in total. The summed E-state index contributed by atoms with van der Waals surface area (Å²) in [4.78, 5) is 25.0. The van der Waals surface area contributed by atoms with Gasteiger partial charge in [-0.1, -0.05) is 12.1 Å². The molecule has 21 heavy (non-hydrogen) atoms. The van der Waals surface area contributed by atoms with Gasteiger partial charge in [0, 0.05) is 12.6 Å². The fourth-order valence-corrected chi connectivity index (χ4v) is 2.59. The van der Waals surface area contributed by atoms with Gasteiger partial charge >= 0.3 is 12.0 Å². The van der Waals surface area contributed by atoms with E-state index in [1.54, 1.807) is 24.0 Å². The first-order chi connectivity index (χ1) is 10.0. The molecule has 2 amide bonds. The van der Waals surface area contributed by atoms with Crippen molar-refractivity contribution in [3.05, 3.63) is 24.3 Å². The van der Waals surface area contributed by atoms with Crippen LogP contribution in [0.2, 0.25) is 0 Å². The van der Waals surface area contributed by atoms with Gasteiger partial charge in [-0.2, -0.15) is 0 Å². The van der Waals surface area contributed by atoms with Crippen LogP contribution in [0.3, 0.4) is 0 Å². The lowest BCUT2D eigenvalue weighted by atomic mass is 10.0. The van der Waals surface area contributed by atoms with Crippen LogP contribution in [0.15, 0.2) is 24.3 Å². The van der Waals surface area contributed by atoms with Crippen LogP contribution in [-0.4, -0.2) is 41.2 Å². The Balaban J connectivity index is 2.07. The van der Waals surface area contributed by atoms with Gasteiger partial charge in [0.2, 0.25) is 0 Å². The number of benzene rings is 1. The summed E-state index contributed by atoms with van der Waals surface area (Å²) in [5.74, 6) is -0.750. The minimum atomic E-state index is -0.854. The zero-order valence-corrected chi connectivity index (χ0v) is 12.2. The van der Waals surface area contributed by atoms with Gasteiger partial charge in [0.15, 0.2) is 0 Å². The summed E-state index contributed by atoms with van der Waals surface area (Å²) in [7, 11) is 0. The molecule has 0 spiro atoms. The van der Waals surface area contributed by atoms with Crippen LogP contribution in [0, 0.1) is 5.92 Å². The number of carboxylic acids is 1. The van der Waals surface area contributed by atoms with Gasteiger partial charge in [0.05, 0.1) is 18.2 Å². The second-order valence-electron chi connectivity index (χ2n) is 5.03. The fourth-order valence-electron chi connectivity index (χ4n) is 2.59. The molecule has 1 heterocycles. The van der Waals surface area contributed by atoms with Crippen molar-refractivity contribution in [2.75, 3.05) is 18.5 Å². The van der Waals surface area contributed by atoms with Gasteiger partial charge in [0.1, 0.15) is 5.75 Å². The molecule has 2 atom stereocenters. The van der Waals surface area contributed by atoms with Crippen molar-refractivity contribution >= 4 is 17.7 Å². The maximum Gasteiger partial charge on any atom is 0.322 e. The molecule has 2 unspecified atom stereocenters. The zero-order chi connectivity index (χ0) is 15.4. The van der Waals surface area contributed by atoms with Crippen LogP contribution in [0.5, 0.6) is 5.75 Å². The van der Waals surface area contributed by atoms with E-state index in [-0.39, 0.29) is 12.1 Å². The highest BCUT2D eigenvalue weighted by molar-refractivity contribution is 5.92. The largest absolute Gasteiger partial charge is 0.492 e. The number of likely N-dealkylation sites (tertiary alicyclic amines) is 1. The number of nitrogens with zero attached hydrogens (tertiary/aromatic N) is 1. The van der Waals surface area contributed by atoms with Gasteiger partial charge in [-0.25, -0.2) is 4.79 Å². The Morgan fingerprint density at radius 2 is 2.14 bits per heavy atom. The van der Waals surface area contributed by atoms with Crippen molar-refractivity contribution in [3.63, 3.8) is 0 Å². The van der Waals surface area contributed by atoms with Gasteiger partial charge in [-0.15, -0.1) is 0 Å². The third-order valence-electron chi connectivity index (χ3n) is 3.76. The third kappa shape index (κ3) is 3.26. The standard InChI is InChI=1S/C15H20N2O4/c1-3-21-13-7-5-4-6-12(13)16-15(20)17-9-8-11(10(17)2)14(18)19/h4-7,10-11H,3,8-9H2,1-2H3,(H,16,20)(H,18,19). The molecule has 6 nitrogen and oxygen atoms in total. The minimum absolute atomic E-state index is 0.293. The summed E-state index contributed by atoms with van der Waals surface area (Å²) in [5.41, 5.74) is 0.593. The average molecular weight is 292 g/mol. The Hall–Kier alpha value is -2.24. The quantitative estimate of drug-likeness (QED) is 0.893. The van der Waals surface area contributed by atoms with Crippen LogP contribution < -0.4 is 10.1 Å². The normalized spacial score (nSPS) is 21.1. The number of hydrogen-bond donors (Lipinski definition) is 2. The molecule has 0 saturated carbocycles. The molecule has 1 aromatic carbocycles. The summed E-state index contributed by atoms with van der Waals surface area (Å²) in [6.07, 6.45) is 0.483. The lowest BCUT2D eigenvalue weighted by Crippen LogP contribution is -2.40. The fraction of sp³-hybridized carbons (Fsp3) is 0.467. The number of carbonyl (C=O) groups is 2. The molecule has 0 radical (unpaired) electrons. The number of urea groups is 1. The topological polar surface area (TPSA) is 78.9 Å². The number of hydrogen-bond acceptors (Lipinski definition) is 3. The number of nitrogens with one attached hydrogen (secondary N) is 1. The summed E-state index contributed by atoms with van der Waals surface area (Å²) >= 11 is 0. The lowest BCUT2D eigenvalue weighted by Gasteiger charge is -2.24. The number of para-hydroxylation sites is 2. The van der Waals surface area contributed by atoms with E-state index >= 15 is 0 Å². The highest BCUT2D eigenvalue weighted by atomic mass is 16.5. The molecular weight excluding hydrogens is 272 g/mol. The second kappa shape index (κ2) is 6.47. The van der Waals surface area contributed by atoms with Crippen LogP contribution in [0.4, 0.5) is 10.5 Å². The van der Waals surface area contributed by atoms with E-state index in [1.807, 2.05) is 19.1 Å². The molecule has 1 aliphatic heterocycles. The first-order valence-corrected chi connectivity index (χ1v) is 7.06. The third-order valence-corrected chi connectivity index (χ3v) is 3.76. The Bertz CT molecular complexity index is 532. The van der Waals surface area contributed by atoms with Crippen molar-refractivity contribution in [1.29, 1.82) is 0 Å². The zero-order valence-electron chi connectivity index (χ0n) is 12.2. The maximum absolute atomic E-state index is 12.3.